The molecule has 7 heteroatoms. The maximum absolute atomic E-state index is 12.3. The molecule has 2 atom stereocenters. The van der Waals surface area contributed by atoms with Crippen LogP contribution in [0, 0.1) is 0 Å². The Hall–Kier alpha value is -1.70. The van der Waals surface area contributed by atoms with Crippen LogP contribution in [0.3, 0.4) is 0 Å². The number of benzene rings is 1. The standard InChI is InChI=1S/C13H15N3O3S/c1-16-7-12(14-8-16)20(18,19)15-13-10-5-3-2-4-9(10)6-11(13)17/h2-5,7-8,11,13,15,17H,6H2,1H3. The van der Waals surface area contributed by atoms with Crippen LogP contribution in [-0.4, -0.2) is 29.2 Å². The van der Waals surface area contributed by atoms with Crippen LogP contribution in [0.25, 0.3) is 0 Å². The zero-order chi connectivity index (χ0) is 14.3. The van der Waals surface area contributed by atoms with E-state index in [1.54, 1.807) is 11.6 Å². The van der Waals surface area contributed by atoms with Crippen molar-refractivity contribution < 1.29 is 13.5 Å². The van der Waals surface area contributed by atoms with E-state index in [4.69, 9.17) is 0 Å². The Labute approximate surface area is 117 Å². The first-order valence-corrected chi connectivity index (χ1v) is 7.72. The van der Waals surface area contributed by atoms with Crippen molar-refractivity contribution in [2.45, 2.75) is 23.6 Å². The van der Waals surface area contributed by atoms with E-state index in [0.717, 1.165) is 11.1 Å². The SMILES string of the molecule is Cn1cnc(S(=O)(=O)NC2c3ccccc3CC2O)c1. The maximum atomic E-state index is 12.3. The van der Waals surface area contributed by atoms with E-state index in [1.165, 1.54) is 12.5 Å². The third kappa shape index (κ3) is 2.24. The molecule has 6 nitrogen and oxygen atoms in total. The van der Waals surface area contributed by atoms with Gasteiger partial charge in [0.15, 0.2) is 5.03 Å². The molecule has 0 saturated heterocycles. The molecule has 0 amide bonds. The Kier molecular flexibility index (Phi) is 3.12. The molecule has 1 aromatic carbocycles. The van der Waals surface area contributed by atoms with Crippen molar-refractivity contribution in [2.24, 2.45) is 7.05 Å². The Morgan fingerprint density at radius 1 is 1.40 bits per heavy atom. The van der Waals surface area contributed by atoms with Crippen LogP contribution in [0.2, 0.25) is 0 Å². The number of imidazole rings is 1. The fourth-order valence-electron chi connectivity index (χ4n) is 2.47. The zero-order valence-corrected chi connectivity index (χ0v) is 11.7. The molecular formula is C13H15N3O3S. The van der Waals surface area contributed by atoms with Crippen molar-refractivity contribution in [3.8, 4) is 0 Å². The summed E-state index contributed by atoms with van der Waals surface area (Å²) >= 11 is 0. The number of rotatable bonds is 3. The van der Waals surface area contributed by atoms with Gasteiger partial charge in [-0.2, -0.15) is 4.72 Å². The van der Waals surface area contributed by atoms with E-state index in [9.17, 15) is 13.5 Å². The van der Waals surface area contributed by atoms with Gasteiger partial charge in [-0.15, -0.1) is 0 Å². The largest absolute Gasteiger partial charge is 0.391 e. The molecule has 1 aliphatic carbocycles. The summed E-state index contributed by atoms with van der Waals surface area (Å²) in [5.41, 5.74) is 1.79. The van der Waals surface area contributed by atoms with Crippen LogP contribution < -0.4 is 4.72 Å². The first-order valence-electron chi connectivity index (χ1n) is 6.23. The van der Waals surface area contributed by atoms with E-state index in [1.807, 2.05) is 24.3 Å². The molecule has 0 bridgehead atoms. The van der Waals surface area contributed by atoms with Crippen molar-refractivity contribution in [2.75, 3.05) is 0 Å². The highest BCUT2D eigenvalue weighted by Gasteiger charge is 2.34. The molecule has 1 aromatic heterocycles. The minimum atomic E-state index is -3.74. The lowest BCUT2D eigenvalue weighted by Gasteiger charge is -2.17. The van der Waals surface area contributed by atoms with Crippen LogP contribution >= 0.6 is 0 Å². The molecule has 106 valence electrons. The summed E-state index contributed by atoms with van der Waals surface area (Å²) in [5.74, 6) is 0. The predicted molar refractivity (Wildman–Crippen MR) is 72.4 cm³/mol. The van der Waals surface area contributed by atoms with E-state index in [-0.39, 0.29) is 5.03 Å². The highest BCUT2D eigenvalue weighted by Crippen LogP contribution is 2.32. The molecule has 1 heterocycles. The van der Waals surface area contributed by atoms with Gasteiger partial charge in [0.2, 0.25) is 0 Å². The highest BCUT2D eigenvalue weighted by molar-refractivity contribution is 7.89. The van der Waals surface area contributed by atoms with Crippen LogP contribution in [0.4, 0.5) is 0 Å². The summed E-state index contributed by atoms with van der Waals surface area (Å²) in [7, 11) is -2.04. The average molecular weight is 293 g/mol. The Morgan fingerprint density at radius 2 is 2.15 bits per heavy atom. The second kappa shape index (κ2) is 4.69. The minimum absolute atomic E-state index is 0.0448. The van der Waals surface area contributed by atoms with Crippen molar-refractivity contribution in [1.29, 1.82) is 0 Å². The first kappa shape index (κ1) is 13.3. The van der Waals surface area contributed by atoms with Gasteiger partial charge in [-0.3, -0.25) is 0 Å². The van der Waals surface area contributed by atoms with Crippen LogP contribution in [0.1, 0.15) is 17.2 Å². The van der Waals surface area contributed by atoms with Crippen molar-refractivity contribution in [3.05, 3.63) is 47.9 Å². The van der Waals surface area contributed by atoms with Gasteiger partial charge in [-0.1, -0.05) is 24.3 Å². The van der Waals surface area contributed by atoms with Gasteiger partial charge in [-0.25, -0.2) is 13.4 Å². The molecule has 2 N–H and O–H groups in total. The maximum Gasteiger partial charge on any atom is 0.260 e. The van der Waals surface area contributed by atoms with Crippen molar-refractivity contribution in [1.82, 2.24) is 14.3 Å². The van der Waals surface area contributed by atoms with E-state index < -0.39 is 22.2 Å². The van der Waals surface area contributed by atoms with Crippen LogP contribution in [0.15, 0.2) is 41.8 Å². The average Bonchev–Trinajstić information content (AvgIpc) is 2.95. The molecule has 0 aliphatic heterocycles. The van der Waals surface area contributed by atoms with Gasteiger partial charge in [-0.05, 0) is 11.1 Å². The molecule has 3 rings (SSSR count). The fraction of sp³-hybridized carbons (Fsp3) is 0.308. The molecule has 0 saturated carbocycles. The lowest BCUT2D eigenvalue weighted by molar-refractivity contribution is 0.151. The molecule has 20 heavy (non-hydrogen) atoms. The third-order valence-corrected chi connectivity index (χ3v) is 4.77. The minimum Gasteiger partial charge on any atom is -0.391 e. The van der Waals surface area contributed by atoms with Crippen LogP contribution in [-0.2, 0) is 23.5 Å². The number of aromatic nitrogens is 2. The number of fused-ring (bicyclic) bond motifs is 1. The first-order chi connectivity index (χ1) is 9.47. The Bertz CT molecular complexity index is 739. The number of sulfonamides is 1. The van der Waals surface area contributed by atoms with E-state index in [0.29, 0.717) is 6.42 Å². The van der Waals surface area contributed by atoms with Crippen LogP contribution in [0.5, 0.6) is 0 Å². The molecule has 0 spiro atoms. The summed E-state index contributed by atoms with van der Waals surface area (Å²) in [6.45, 7) is 0. The van der Waals surface area contributed by atoms with Gasteiger partial charge in [0, 0.05) is 19.7 Å². The lowest BCUT2D eigenvalue weighted by Crippen LogP contribution is -2.34. The lowest BCUT2D eigenvalue weighted by atomic mass is 10.1. The number of nitrogens with zero attached hydrogens (tertiary/aromatic N) is 2. The van der Waals surface area contributed by atoms with Gasteiger partial charge < -0.3 is 9.67 Å². The normalized spacial score (nSPS) is 21.9. The highest BCUT2D eigenvalue weighted by atomic mass is 32.2. The van der Waals surface area contributed by atoms with Gasteiger partial charge in [0.25, 0.3) is 10.0 Å². The number of aliphatic hydroxyl groups excluding tert-OH is 1. The quantitative estimate of drug-likeness (QED) is 0.855. The number of hydrogen-bond acceptors (Lipinski definition) is 4. The Balaban J connectivity index is 1.92. The summed E-state index contributed by atoms with van der Waals surface area (Å²) in [6.07, 6.45) is 2.54. The van der Waals surface area contributed by atoms with Crippen molar-refractivity contribution >= 4 is 10.0 Å². The zero-order valence-electron chi connectivity index (χ0n) is 10.9. The van der Waals surface area contributed by atoms with Gasteiger partial charge in [0.1, 0.15) is 0 Å². The second-order valence-corrected chi connectivity index (χ2v) is 6.61. The van der Waals surface area contributed by atoms with Crippen molar-refractivity contribution in [3.63, 3.8) is 0 Å². The number of nitrogens with one attached hydrogen (secondary N) is 1. The monoisotopic (exact) mass is 293 g/mol. The van der Waals surface area contributed by atoms with E-state index in [2.05, 4.69) is 9.71 Å². The van der Waals surface area contributed by atoms with Gasteiger partial charge >= 0.3 is 0 Å². The van der Waals surface area contributed by atoms with E-state index >= 15 is 0 Å². The smallest absolute Gasteiger partial charge is 0.260 e. The molecule has 1 aliphatic rings. The summed E-state index contributed by atoms with van der Waals surface area (Å²) in [5, 5.41) is 10.0. The molecule has 2 aromatic rings. The molecule has 2 unspecified atom stereocenters. The Morgan fingerprint density at radius 3 is 2.85 bits per heavy atom. The topological polar surface area (TPSA) is 84.2 Å². The fourth-order valence-corrected chi connectivity index (χ4v) is 3.70. The molecule has 0 fully saturated rings. The predicted octanol–water partition coefficient (Wildman–Crippen LogP) is 0.357. The molecular weight excluding hydrogens is 278 g/mol. The number of aliphatic hydroxyl groups is 1. The summed E-state index contributed by atoms with van der Waals surface area (Å²) < 4.78 is 28.6. The molecule has 0 radical (unpaired) electrons. The van der Waals surface area contributed by atoms with Gasteiger partial charge in [0.05, 0.1) is 18.5 Å². The number of hydrogen-bond donors (Lipinski definition) is 2. The number of aryl methyl sites for hydroxylation is 1. The second-order valence-electron chi connectivity index (χ2n) is 4.95. The summed E-state index contributed by atoms with van der Waals surface area (Å²) in [4.78, 5) is 3.84. The summed E-state index contributed by atoms with van der Waals surface area (Å²) in [6, 6.07) is 6.81. The third-order valence-electron chi connectivity index (χ3n) is 3.44.